The molecule has 1 unspecified atom stereocenters. The van der Waals surface area contributed by atoms with E-state index in [4.69, 9.17) is 11.6 Å². The lowest BCUT2D eigenvalue weighted by Gasteiger charge is -2.33. The second-order valence-electron chi connectivity index (χ2n) is 5.53. The molecule has 1 amide bonds. The number of benzene rings is 1. The monoisotopic (exact) mass is 282 g/mol. The molecule has 4 nitrogen and oxygen atoms in total. The zero-order chi connectivity index (χ0) is 14.0. The summed E-state index contributed by atoms with van der Waals surface area (Å²) in [5.41, 5.74) is 2.56. The van der Waals surface area contributed by atoms with Crippen molar-refractivity contribution >= 4 is 28.9 Å². The molecule has 0 aliphatic carbocycles. The fourth-order valence-corrected chi connectivity index (χ4v) is 2.47. The summed E-state index contributed by atoms with van der Waals surface area (Å²) in [6.45, 7) is 4.47. The Morgan fingerprint density at radius 3 is 2.95 bits per heavy atom. The second kappa shape index (κ2) is 5.39. The van der Waals surface area contributed by atoms with Gasteiger partial charge in [-0.2, -0.15) is 0 Å². The SMILES string of the molecule is CC1(C)CC(=O)Nc2c(NCC(O)CCl)cccc21. The first-order valence-electron chi connectivity index (χ1n) is 6.35. The molecule has 1 heterocycles. The predicted molar refractivity (Wildman–Crippen MR) is 77.9 cm³/mol. The van der Waals surface area contributed by atoms with E-state index in [0.29, 0.717) is 13.0 Å². The summed E-state index contributed by atoms with van der Waals surface area (Å²) < 4.78 is 0. The van der Waals surface area contributed by atoms with Gasteiger partial charge < -0.3 is 15.7 Å². The van der Waals surface area contributed by atoms with Crippen molar-refractivity contribution in [1.29, 1.82) is 0 Å². The quantitative estimate of drug-likeness (QED) is 0.743. The topological polar surface area (TPSA) is 61.4 Å². The molecule has 0 aromatic heterocycles. The zero-order valence-electron chi connectivity index (χ0n) is 11.2. The van der Waals surface area contributed by atoms with E-state index in [1.54, 1.807) is 0 Å². The molecule has 3 N–H and O–H groups in total. The van der Waals surface area contributed by atoms with E-state index in [9.17, 15) is 9.90 Å². The van der Waals surface area contributed by atoms with Crippen LogP contribution in [-0.4, -0.2) is 29.5 Å². The lowest BCUT2D eigenvalue weighted by atomic mass is 9.77. The highest BCUT2D eigenvalue weighted by Gasteiger charge is 2.32. The number of rotatable bonds is 4. The van der Waals surface area contributed by atoms with Gasteiger partial charge in [-0.1, -0.05) is 26.0 Å². The summed E-state index contributed by atoms with van der Waals surface area (Å²) >= 11 is 5.57. The van der Waals surface area contributed by atoms with Crippen molar-refractivity contribution in [1.82, 2.24) is 0 Å². The van der Waals surface area contributed by atoms with Crippen LogP contribution in [0.4, 0.5) is 11.4 Å². The summed E-state index contributed by atoms with van der Waals surface area (Å²) in [5, 5.41) is 15.5. The van der Waals surface area contributed by atoms with Gasteiger partial charge in [-0.05, 0) is 11.6 Å². The number of amides is 1. The minimum Gasteiger partial charge on any atom is -0.390 e. The molecule has 0 fully saturated rings. The Labute approximate surface area is 118 Å². The van der Waals surface area contributed by atoms with E-state index in [2.05, 4.69) is 24.5 Å². The largest absolute Gasteiger partial charge is 0.390 e. The van der Waals surface area contributed by atoms with Gasteiger partial charge in [0.1, 0.15) is 0 Å². The molecular formula is C14H19ClN2O2. The van der Waals surface area contributed by atoms with Crippen LogP contribution < -0.4 is 10.6 Å². The van der Waals surface area contributed by atoms with Crippen LogP contribution in [0.15, 0.2) is 18.2 Å². The molecule has 0 radical (unpaired) electrons. The molecule has 0 saturated heterocycles. The van der Waals surface area contributed by atoms with Gasteiger partial charge in [-0.25, -0.2) is 0 Å². The molecule has 1 aromatic carbocycles. The van der Waals surface area contributed by atoms with Crippen LogP contribution in [0, 0.1) is 0 Å². The number of anilines is 2. The van der Waals surface area contributed by atoms with E-state index < -0.39 is 6.10 Å². The normalized spacial score (nSPS) is 18.4. The molecule has 1 aromatic rings. The number of alkyl halides is 1. The molecule has 0 spiro atoms. The second-order valence-corrected chi connectivity index (χ2v) is 5.83. The Kier molecular flexibility index (Phi) is 4.02. The maximum absolute atomic E-state index is 11.8. The lowest BCUT2D eigenvalue weighted by molar-refractivity contribution is -0.117. The maximum Gasteiger partial charge on any atom is 0.225 e. The number of aliphatic hydroxyl groups excluding tert-OH is 1. The van der Waals surface area contributed by atoms with Crippen LogP contribution in [0.1, 0.15) is 25.8 Å². The van der Waals surface area contributed by atoms with E-state index in [1.165, 1.54) is 0 Å². The molecule has 19 heavy (non-hydrogen) atoms. The number of aliphatic hydroxyl groups is 1. The zero-order valence-corrected chi connectivity index (χ0v) is 11.9. The molecule has 1 aliphatic heterocycles. The first kappa shape index (κ1) is 14.2. The minimum atomic E-state index is -0.607. The maximum atomic E-state index is 11.8. The van der Waals surface area contributed by atoms with E-state index in [0.717, 1.165) is 16.9 Å². The number of hydrogen-bond acceptors (Lipinski definition) is 3. The molecule has 2 rings (SSSR count). The van der Waals surface area contributed by atoms with Crippen molar-refractivity contribution in [3.63, 3.8) is 0 Å². The van der Waals surface area contributed by atoms with Gasteiger partial charge in [0.15, 0.2) is 0 Å². The third-order valence-corrected chi connectivity index (χ3v) is 3.72. The standard InChI is InChI=1S/C14H19ClN2O2/c1-14(2)6-12(19)17-13-10(14)4-3-5-11(13)16-8-9(18)7-15/h3-5,9,16,18H,6-8H2,1-2H3,(H,17,19). The number of halogens is 1. The van der Waals surface area contributed by atoms with Crippen LogP contribution >= 0.6 is 11.6 Å². The van der Waals surface area contributed by atoms with Gasteiger partial charge >= 0.3 is 0 Å². The van der Waals surface area contributed by atoms with Crippen molar-refractivity contribution < 1.29 is 9.90 Å². The molecule has 104 valence electrons. The molecule has 1 aliphatic rings. The Hall–Kier alpha value is -1.26. The number of hydrogen-bond donors (Lipinski definition) is 3. The van der Waals surface area contributed by atoms with Gasteiger partial charge in [-0.15, -0.1) is 11.6 Å². The Morgan fingerprint density at radius 1 is 1.53 bits per heavy atom. The Morgan fingerprint density at radius 2 is 2.26 bits per heavy atom. The predicted octanol–water partition coefficient (Wildman–Crippen LogP) is 2.32. The highest BCUT2D eigenvalue weighted by Crippen LogP contribution is 2.40. The van der Waals surface area contributed by atoms with Crippen molar-refractivity contribution in [3.8, 4) is 0 Å². The summed E-state index contributed by atoms with van der Waals surface area (Å²) in [4.78, 5) is 11.8. The number of fused-ring (bicyclic) bond motifs is 1. The third-order valence-electron chi connectivity index (χ3n) is 3.37. The van der Waals surface area contributed by atoms with Gasteiger partial charge in [0.25, 0.3) is 0 Å². The van der Waals surface area contributed by atoms with Gasteiger partial charge in [-0.3, -0.25) is 4.79 Å². The Balaban J connectivity index is 2.30. The van der Waals surface area contributed by atoms with Crippen molar-refractivity contribution in [2.75, 3.05) is 23.1 Å². The first-order valence-corrected chi connectivity index (χ1v) is 6.89. The van der Waals surface area contributed by atoms with Crippen molar-refractivity contribution in [2.24, 2.45) is 0 Å². The van der Waals surface area contributed by atoms with E-state index >= 15 is 0 Å². The van der Waals surface area contributed by atoms with Crippen LogP contribution in [0.25, 0.3) is 0 Å². The molecule has 1 atom stereocenters. The summed E-state index contributed by atoms with van der Waals surface area (Å²) in [5.74, 6) is 0.199. The van der Waals surface area contributed by atoms with Gasteiger partial charge in [0.05, 0.1) is 23.4 Å². The number of carbonyl (C=O) groups excluding carboxylic acids is 1. The third kappa shape index (κ3) is 3.01. The first-order chi connectivity index (χ1) is 8.94. The lowest BCUT2D eigenvalue weighted by Crippen LogP contribution is -2.33. The van der Waals surface area contributed by atoms with Gasteiger partial charge in [0.2, 0.25) is 5.91 Å². The highest BCUT2D eigenvalue weighted by molar-refractivity contribution is 6.18. The fourth-order valence-electron chi connectivity index (χ4n) is 2.36. The van der Waals surface area contributed by atoms with Gasteiger partial charge in [0, 0.05) is 18.4 Å². The number of carbonyl (C=O) groups is 1. The van der Waals surface area contributed by atoms with Crippen LogP contribution in [0.2, 0.25) is 0 Å². The summed E-state index contributed by atoms with van der Waals surface area (Å²) in [6.07, 6.45) is -0.127. The average molecular weight is 283 g/mol. The van der Waals surface area contributed by atoms with Crippen LogP contribution in [0.5, 0.6) is 0 Å². The number of nitrogens with one attached hydrogen (secondary N) is 2. The van der Waals surface area contributed by atoms with E-state index in [-0.39, 0.29) is 17.2 Å². The summed E-state index contributed by atoms with van der Waals surface area (Å²) in [6, 6.07) is 5.87. The minimum absolute atomic E-state index is 0.0182. The van der Waals surface area contributed by atoms with Crippen molar-refractivity contribution in [3.05, 3.63) is 23.8 Å². The Bertz CT molecular complexity index is 488. The molecule has 0 saturated carbocycles. The van der Waals surface area contributed by atoms with E-state index in [1.807, 2.05) is 18.2 Å². The number of para-hydroxylation sites is 1. The summed E-state index contributed by atoms with van der Waals surface area (Å²) in [7, 11) is 0. The van der Waals surface area contributed by atoms with Crippen molar-refractivity contribution in [2.45, 2.75) is 31.8 Å². The van der Waals surface area contributed by atoms with Crippen LogP contribution in [-0.2, 0) is 10.2 Å². The molecule has 5 heteroatoms. The average Bonchev–Trinajstić information content (AvgIpc) is 2.35. The smallest absolute Gasteiger partial charge is 0.225 e. The molecule has 0 bridgehead atoms. The highest BCUT2D eigenvalue weighted by atomic mass is 35.5. The fraction of sp³-hybridized carbons (Fsp3) is 0.500. The molecular weight excluding hydrogens is 264 g/mol. The van der Waals surface area contributed by atoms with Crippen LogP contribution in [0.3, 0.4) is 0 Å².